The van der Waals surface area contributed by atoms with E-state index in [1.807, 2.05) is 0 Å². The van der Waals surface area contributed by atoms with Crippen molar-refractivity contribution in [3.05, 3.63) is 72.9 Å². The van der Waals surface area contributed by atoms with Gasteiger partial charge in [0.15, 0.2) is 0 Å². The van der Waals surface area contributed by atoms with E-state index in [0.717, 1.165) is 71.5 Å². The molecule has 4 aromatic rings. The first-order valence-electron chi connectivity index (χ1n) is 14.2. The Morgan fingerprint density at radius 1 is 0.550 bits per heavy atom. The van der Waals surface area contributed by atoms with Gasteiger partial charge in [-0.15, -0.1) is 0 Å². The fourth-order valence-electron chi connectivity index (χ4n) is 5.35. The molecule has 4 heterocycles. The summed E-state index contributed by atoms with van der Waals surface area (Å²) in [6.45, 7) is 16.1. The van der Waals surface area contributed by atoms with E-state index in [1.165, 1.54) is 23.3 Å². The standard InChI is InChI=1S/C29H48N8O.CH4.Y/c1-26-30(5)17-18-31(26)10-6-11-32-19-20-33(27(32)2)12-7-13-34-21-22-35(28(34)3)14-8-15-36-23-24-37(29(36)4)16-9-25-38;;/h17-24,38H,6-16,25H2,1-5H3;1H4;/q+4;;. The number of imidazole rings is 4. The Bertz CT molecular complexity index is 1320. The quantitative estimate of drug-likeness (QED) is 0.202. The van der Waals surface area contributed by atoms with Gasteiger partial charge in [0.1, 0.15) is 49.6 Å². The maximum atomic E-state index is 9.09. The van der Waals surface area contributed by atoms with Crippen LogP contribution in [-0.4, -0.2) is 30.0 Å². The Hall–Kier alpha value is -2.10. The first-order valence-corrected chi connectivity index (χ1v) is 14.2. The second kappa shape index (κ2) is 16.4. The van der Waals surface area contributed by atoms with Crippen molar-refractivity contribution in [2.45, 2.75) is 107 Å². The Morgan fingerprint density at radius 2 is 0.875 bits per heavy atom. The minimum atomic E-state index is 0. The first-order chi connectivity index (χ1) is 18.4. The van der Waals surface area contributed by atoms with Gasteiger partial charge in [-0.1, -0.05) is 7.43 Å². The van der Waals surface area contributed by atoms with Crippen molar-refractivity contribution in [1.82, 2.24) is 18.3 Å². The van der Waals surface area contributed by atoms with E-state index in [-0.39, 0.29) is 46.7 Å². The van der Waals surface area contributed by atoms with Crippen LogP contribution in [0.25, 0.3) is 0 Å². The molecule has 0 amide bonds. The number of hydrogen-bond donors (Lipinski definition) is 1. The molecule has 1 radical (unpaired) electrons. The van der Waals surface area contributed by atoms with Crippen LogP contribution in [0.15, 0.2) is 49.6 Å². The number of aromatic nitrogens is 8. The topological polar surface area (TPSA) is 55.5 Å². The van der Waals surface area contributed by atoms with Crippen LogP contribution in [0, 0.1) is 27.7 Å². The molecule has 40 heavy (non-hydrogen) atoms. The SMILES string of the molecule is C.Cc1n(CCC[n+]2ccn(CCC[n+]3ccn(CCC[n+]4ccn(CCCO)c4C)c3C)c2C)cc[n+]1C.[Y]. The molecule has 0 bridgehead atoms. The van der Waals surface area contributed by atoms with Gasteiger partial charge in [0.2, 0.25) is 0 Å². The van der Waals surface area contributed by atoms with Crippen molar-refractivity contribution >= 4 is 0 Å². The van der Waals surface area contributed by atoms with Gasteiger partial charge in [-0.3, -0.25) is 0 Å². The van der Waals surface area contributed by atoms with Gasteiger partial charge in [0.25, 0.3) is 23.3 Å². The maximum Gasteiger partial charge on any atom is 0.253 e. The van der Waals surface area contributed by atoms with E-state index in [1.54, 1.807) is 0 Å². The average molecular weight is 630 g/mol. The molecule has 0 aliphatic rings. The number of nitrogens with zero attached hydrogens (tertiary/aromatic N) is 8. The van der Waals surface area contributed by atoms with Gasteiger partial charge in [-0.2, -0.15) is 0 Å². The van der Waals surface area contributed by atoms with Crippen LogP contribution in [0.4, 0.5) is 0 Å². The number of hydrogen-bond acceptors (Lipinski definition) is 1. The fourth-order valence-corrected chi connectivity index (χ4v) is 5.35. The summed E-state index contributed by atoms with van der Waals surface area (Å²) in [5.41, 5.74) is 0. The van der Waals surface area contributed by atoms with Crippen molar-refractivity contribution < 1.29 is 56.1 Å². The minimum absolute atomic E-state index is 0. The number of aryl methyl sites for hydroxylation is 8. The minimum Gasteiger partial charge on any atom is -0.396 e. The van der Waals surface area contributed by atoms with Crippen molar-refractivity contribution in [2.24, 2.45) is 7.05 Å². The molecule has 0 aliphatic carbocycles. The second-order valence-electron chi connectivity index (χ2n) is 10.5. The average Bonchev–Trinajstić information content (AvgIpc) is 3.64. The molecule has 0 aliphatic heterocycles. The van der Waals surface area contributed by atoms with Gasteiger partial charge in [-0.25, -0.2) is 36.5 Å². The Morgan fingerprint density at radius 3 is 1.20 bits per heavy atom. The molecule has 0 atom stereocenters. The van der Waals surface area contributed by atoms with E-state index in [9.17, 15) is 0 Å². The molecule has 10 heteroatoms. The molecular formula is C30H52N8OY+4. The maximum absolute atomic E-state index is 9.09. The van der Waals surface area contributed by atoms with Gasteiger partial charge in [0.05, 0.1) is 52.9 Å². The van der Waals surface area contributed by atoms with Crippen molar-refractivity contribution in [3.8, 4) is 0 Å². The van der Waals surface area contributed by atoms with E-state index in [0.29, 0.717) is 0 Å². The first kappa shape index (κ1) is 34.1. The van der Waals surface area contributed by atoms with Gasteiger partial charge >= 0.3 is 0 Å². The Balaban J connectivity index is 0.00000280. The van der Waals surface area contributed by atoms with Crippen LogP contribution in [0.5, 0.6) is 0 Å². The van der Waals surface area contributed by atoms with Crippen LogP contribution < -0.4 is 18.3 Å². The molecule has 4 aromatic heterocycles. The summed E-state index contributed by atoms with van der Waals surface area (Å²) in [6.07, 6.45) is 21.6. The fraction of sp³-hybridized carbons (Fsp3) is 0.600. The normalized spacial score (nSPS) is 11.1. The predicted molar refractivity (Wildman–Crippen MR) is 151 cm³/mol. The van der Waals surface area contributed by atoms with Crippen LogP contribution in [0.1, 0.15) is 56.4 Å². The molecule has 4 rings (SSSR count). The second-order valence-corrected chi connectivity index (χ2v) is 10.5. The summed E-state index contributed by atoms with van der Waals surface area (Å²) in [7, 11) is 2.10. The molecule has 0 saturated carbocycles. The molecule has 9 nitrogen and oxygen atoms in total. The molecule has 1 N–H and O–H groups in total. The summed E-state index contributed by atoms with van der Waals surface area (Å²) in [4.78, 5) is 0. The number of rotatable bonds is 15. The third kappa shape index (κ3) is 8.46. The summed E-state index contributed by atoms with van der Waals surface area (Å²) in [5, 5.41) is 9.09. The molecular weight excluding hydrogens is 577 g/mol. The van der Waals surface area contributed by atoms with Crippen molar-refractivity contribution in [3.63, 3.8) is 0 Å². The number of aliphatic hydroxyl groups is 1. The van der Waals surface area contributed by atoms with E-state index < -0.39 is 0 Å². The molecule has 0 fully saturated rings. The predicted octanol–water partition coefficient (Wildman–Crippen LogP) is 2.10. The van der Waals surface area contributed by atoms with E-state index in [4.69, 9.17) is 5.11 Å². The molecule has 0 unspecified atom stereocenters. The molecule has 0 saturated heterocycles. The molecule has 0 spiro atoms. The number of aliphatic hydroxyl groups excluding tert-OH is 1. The van der Waals surface area contributed by atoms with E-state index in [2.05, 4.69) is 121 Å². The van der Waals surface area contributed by atoms with Gasteiger partial charge < -0.3 is 5.11 Å². The largest absolute Gasteiger partial charge is 0.396 e. The zero-order chi connectivity index (χ0) is 27.1. The van der Waals surface area contributed by atoms with Crippen LogP contribution in [0.2, 0.25) is 0 Å². The summed E-state index contributed by atoms with van der Waals surface area (Å²) in [5.74, 6) is 5.20. The summed E-state index contributed by atoms with van der Waals surface area (Å²) < 4.78 is 18.6. The third-order valence-corrected chi connectivity index (χ3v) is 8.12. The Kier molecular flexibility index (Phi) is 14.0. The van der Waals surface area contributed by atoms with Crippen LogP contribution in [0.3, 0.4) is 0 Å². The van der Waals surface area contributed by atoms with Crippen LogP contribution >= 0.6 is 0 Å². The zero-order valence-corrected chi connectivity index (χ0v) is 27.5. The van der Waals surface area contributed by atoms with Crippen LogP contribution in [-0.2, 0) is 85.6 Å². The van der Waals surface area contributed by atoms with Crippen molar-refractivity contribution in [1.29, 1.82) is 0 Å². The smallest absolute Gasteiger partial charge is 0.253 e. The molecule has 217 valence electrons. The Labute approximate surface area is 266 Å². The zero-order valence-electron chi connectivity index (χ0n) is 24.7. The summed E-state index contributed by atoms with van der Waals surface area (Å²) in [6, 6.07) is 0. The van der Waals surface area contributed by atoms with Gasteiger partial charge in [-0.05, 0) is 0 Å². The van der Waals surface area contributed by atoms with Crippen molar-refractivity contribution in [2.75, 3.05) is 6.61 Å². The molecule has 0 aromatic carbocycles. The summed E-state index contributed by atoms with van der Waals surface area (Å²) >= 11 is 0. The van der Waals surface area contributed by atoms with E-state index >= 15 is 0 Å². The monoisotopic (exact) mass is 629 g/mol. The third-order valence-electron chi connectivity index (χ3n) is 8.12. The van der Waals surface area contributed by atoms with Gasteiger partial charge in [0, 0.05) is 92.7 Å².